The minimum Gasteiger partial charge on any atom is -0.351 e. The van der Waals surface area contributed by atoms with E-state index in [2.05, 4.69) is 36.0 Å². The van der Waals surface area contributed by atoms with Crippen LogP contribution >= 0.6 is 0 Å². The van der Waals surface area contributed by atoms with Crippen molar-refractivity contribution in [3.05, 3.63) is 65.6 Å². The lowest BCUT2D eigenvalue weighted by Crippen LogP contribution is -2.32. The second kappa shape index (κ2) is 6.88. The summed E-state index contributed by atoms with van der Waals surface area (Å²) in [6.45, 7) is 2.17. The Hall–Kier alpha value is -3.55. The van der Waals surface area contributed by atoms with Gasteiger partial charge in [-0.1, -0.05) is 6.07 Å². The topological polar surface area (TPSA) is 92.6 Å². The van der Waals surface area contributed by atoms with Crippen molar-refractivity contribution in [1.82, 2.24) is 29.7 Å². The molecule has 4 aromatic rings. The first kappa shape index (κ1) is 16.6. The largest absolute Gasteiger partial charge is 0.351 e. The Bertz CT molecular complexity index is 1130. The average Bonchev–Trinajstić information content (AvgIpc) is 3.37. The summed E-state index contributed by atoms with van der Waals surface area (Å²) in [4.78, 5) is 29.9. The molecule has 0 atom stereocenters. The Morgan fingerprint density at radius 2 is 2.21 bits per heavy atom. The number of aromatic nitrogens is 6. The Morgan fingerprint density at radius 1 is 1.25 bits per heavy atom. The number of fused-ring (bicyclic) bond motifs is 2. The SMILES string of the molecule is O=Cc1nn(CCc2cccnc2)c2c1CN(c1ncnc3[nH]ccc13)CC2. The lowest BCUT2D eigenvalue weighted by molar-refractivity contribution is 0.111. The molecule has 1 N–H and O–H groups in total. The van der Waals surface area contributed by atoms with Crippen molar-refractivity contribution in [3.63, 3.8) is 0 Å². The Morgan fingerprint density at radius 3 is 3.07 bits per heavy atom. The standard InChI is InChI=1S/C20H19N7O/c28-12-17-16-11-26(20-15-3-7-22-19(15)23-13-24-20)8-5-18(16)27(25-17)9-4-14-2-1-6-21-10-14/h1-3,6-7,10,12-13H,4-5,8-9,11H2,(H,22,23,24). The van der Waals surface area contributed by atoms with Crippen LogP contribution < -0.4 is 4.90 Å². The Labute approximate surface area is 161 Å². The van der Waals surface area contributed by atoms with Gasteiger partial charge in [-0.3, -0.25) is 14.5 Å². The van der Waals surface area contributed by atoms with E-state index in [9.17, 15) is 4.79 Å². The Balaban J connectivity index is 1.43. The second-order valence-electron chi connectivity index (χ2n) is 6.87. The molecule has 1 aliphatic heterocycles. The number of carbonyl (C=O) groups is 1. The van der Waals surface area contributed by atoms with E-state index in [0.717, 1.165) is 65.9 Å². The molecule has 0 saturated carbocycles. The minimum absolute atomic E-state index is 0.519. The van der Waals surface area contributed by atoms with Crippen LogP contribution in [0, 0.1) is 0 Å². The predicted molar refractivity (Wildman–Crippen MR) is 104 cm³/mol. The molecule has 5 rings (SSSR count). The maximum absolute atomic E-state index is 11.6. The number of aryl methyl sites for hydroxylation is 2. The molecular weight excluding hydrogens is 354 g/mol. The van der Waals surface area contributed by atoms with Crippen molar-refractivity contribution in [3.8, 4) is 0 Å². The van der Waals surface area contributed by atoms with Gasteiger partial charge in [0.25, 0.3) is 0 Å². The molecular formula is C20H19N7O. The van der Waals surface area contributed by atoms with E-state index in [1.165, 1.54) is 0 Å². The highest BCUT2D eigenvalue weighted by atomic mass is 16.1. The van der Waals surface area contributed by atoms with E-state index in [0.29, 0.717) is 12.2 Å². The Kier molecular flexibility index (Phi) is 4.08. The third kappa shape index (κ3) is 2.83. The van der Waals surface area contributed by atoms with Gasteiger partial charge < -0.3 is 9.88 Å². The van der Waals surface area contributed by atoms with Crippen molar-refractivity contribution in [2.75, 3.05) is 11.4 Å². The van der Waals surface area contributed by atoms with Gasteiger partial charge in [-0.2, -0.15) is 5.10 Å². The molecule has 8 nitrogen and oxygen atoms in total. The number of nitrogens with zero attached hydrogens (tertiary/aromatic N) is 6. The molecule has 5 heterocycles. The molecule has 0 bridgehead atoms. The fraction of sp³-hybridized carbons (Fsp3) is 0.250. The average molecular weight is 373 g/mol. The number of hydrogen-bond donors (Lipinski definition) is 1. The number of carbonyl (C=O) groups excluding carboxylic acids is 1. The summed E-state index contributed by atoms with van der Waals surface area (Å²) in [6.07, 6.45) is 9.59. The third-order valence-corrected chi connectivity index (χ3v) is 5.24. The highest BCUT2D eigenvalue weighted by Gasteiger charge is 2.26. The van der Waals surface area contributed by atoms with Gasteiger partial charge in [-0.25, -0.2) is 9.97 Å². The van der Waals surface area contributed by atoms with Crippen molar-refractivity contribution >= 4 is 23.1 Å². The van der Waals surface area contributed by atoms with E-state index in [1.807, 2.05) is 29.2 Å². The van der Waals surface area contributed by atoms with Crippen LogP contribution in [0.15, 0.2) is 43.1 Å². The van der Waals surface area contributed by atoms with Gasteiger partial charge >= 0.3 is 0 Å². The van der Waals surface area contributed by atoms with Crippen LogP contribution in [0.5, 0.6) is 0 Å². The summed E-state index contributed by atoms with van der Waals surface area (Å²) >= 11 is 0. The summed E-state index contributed by atoms with van der Waals surface area (Å²) in [5, 5.41) is 5.56. The van der Waals surface area contributed by atoms with E-state index < -0.39 is 0 Å². The zero-order valence-corrected chi connectivity index (χ0v) is 15.2. The van der Waals surface area contributed by atoms with Gasteiger partial charge in [0.15, 0.2) is 6.29 Å². The number of aromatic amines is 1. The molecule has 0 unspecified atom stereocenters. The summed E-state index contributed by atoms with van der Waals surface area (Å²) < 4.78 is 1.98. The highest BCUT2D eigenvalue weighted by molar-refractivity contribution is 5.87. The normalized spacial score (nSPS) is 13.6. The van der Waals surface area contributed by atoms with Gasteiger partial charge in [0, 0.05) is 55.9 Å². The molecule has 1 aliphatic rings. The smallest absolute Gasteiger partial charge is 0.170 e. The molecule has 8 heteroatoms. The molecule has 0 amide bonds. The van der Waals surface area contributed by atoms with E-state index in [1.54, 1.807) is 12.5 Å². The van der Waals surface area contributed by atoms with Crippen LogP contribution in [-0.4, -0.2) is 42.5 Å². The highest BCUT2D eigenvalue weighted by Crippen LogP contribution is 2.29. The molecule has 0 fully saturated rings. The number of hydrogen-bond acceptors (Lipinski definition) is 6. The van der Waals surface area contributed by atoms with Crippen molar-refractivity contribution in [2.45, 2.75) is 25.9 Å². The van der Waals surface area contributed by atoms with Gasteiger partial charge in [0.1, 0.15) is 23.5 Å². The zero-order valence-electron chi connectivity index (χ0n) is 15.2. The van der Waals surface area contributed by atoms with Gasteiger partial charge in [-0.15, -0.1) is 0 Å². The lowest BCUT2D eigenvalue weighted by atomic mass is 10.0. The van der Waals surface area contributed by atoms with Crippen molar-refractivity contribution < 1.29 is 4.79 Å². The minimum atomic E-state index is 0.519. The maximum atomic E-state index is 11.6. The molecule has 0 radical (unpaired) electrons. The van der Waals surface area contributed by atoms with Crippen LogP contribution in [0.4, 0.5) is 5.82 Å². The fourth-order valence-corrected chi connectivity index (χ4v) is 3.87. The van der Waals surface area contributed by atoms with E-state index in [-0.39, 0.29) is 0 Å². The van der Waals surface area contributed by atoms with Crippen LogP contribution in [0.25, 0.3) is 11.0 Å². The number of aldehydes is 1. The monoisotopic (exact) mass is 373 g/mol. The van der Waals surface area contributed by atoms with E-state index >= 15 is 0 Å². The maximum Gasteiger partial charge on any atom is 0.170 e. The van der Waals surface area contributed by atoms with E-state index in [4.69, 9.17) is 0 Å². The van der Waals surface area contributed by atoms with Crippen LogP contribution in [0.1, 0.15) is 27.3 Å². The molecule has 0 aromatic carbocycles. The molecule has 0 spiro atoms. The number of rotatable bonds is 5. The predicted octanol–water partition coefficient (Wildman–Crippen LogP) is 2.17. The fourth-order valence-electron chi connectivity index (χ4n) is 3.87. The van der Waals surface area contributed by atoms with Gasteiger partial charge in [0.05, 0.1) is 5.39 Å². The summed E-state index contributed by atoms with van der Waals surface area (Å²) in [6, 6.07) is 5.98. The molecule has 140 valence electrons. The summed E-state index contributed by atoms with van der Waals surface area (Å²) in [5.74, 6) is 0.886. The first-order valence-electron chi connectivity index (χ1n) is 9.29. The molecule has 4 aromatic heterocycles. The molecule has 28 heavy (non-hydrogen) atoms. The second-order valence-corrected chi connectivity index (χ2v) is 6.87. The molecule has 0 saturated heterocycles. The lowest BCUT2D eigenvalue weighted by Gasteiger charge is -2.29. The number of pyridine rings is 1. The number of nitrogens with one attached hydrogen (secondary N) is 1. The summed E-state index contributed by atoms with van der Waals surface area (Å²) in [7, 11) is 0. The van der Waals surface area contributed by atoms with Gasteiger partial charge in [0.2, 0.25) is 0 Å². The quantitative estimate of drug-likeness (QED) is 0.539. The van der Waals surface area contributed by atoms with Crippen molar-refractivity contribution in [1.29, 1.82) is 0 Å². The molecule has 0 aliphatic carbocycles. The number of H-pyrrole nitrogens is 1. The first-order chi connectivity index (χ1) is 13.8. The zero-order chi connectivity index (χ0) is 18.9. The van der Waals surface area contributed by atoms with Crippen LogP contribution in [0.2, 0.25) is 0 Å². The summed E-state index contributed by atoms with van der Waals surface area (Å²) in [5.41, 5.74) is 4.63. The number of anilines is 1. The van der Waals surface area contributed by atoms with Crippen molar-refractivity contribution in [2.24, 2.45) is 0 Å². The van der Waals surface area contributed by atoms with Crippen LogP contribution in [0.3, 0.4) is 0 Å². The van der Waals surface area contributed by atoms with Crippen LogP contribution in [-0.2, 0) is 25.9 Å². The van der Waals surface area contributed by atoms with Gasteiger partial charge in [-0.05, 0) is 24.1 Å². The first-order valence-corrected chi connectivity index (χ1v) is 9.29. The third-order valence-electron chi connectivity index (χ3n) is 5.24.